The van der Waals surface area contributed by atoms with E-state index < -0.39 is 0 Å². The molecule has 0 aromatic carbocycles. The summed E-state index contributed by atoms with van der Waals surface area (Å²) in [5, 5.41) is 12.1. The van der Waals surface area contributed by atoms with Gasteiger partial charge in [-0.2, -0.15) is 0 Å². The number of aliphatic hydroxyl groups excluding tert-OH is 1. The topological polar surface area (TPSA) is 32.7 Å². The maximum Gasteiger partial charge on any atom is 0.0900 e. The lowest BCUT2D eigenvalue weighted by molar-refractivity contribution is 0.00997. The van der Waals surface area contributed by atoms with E-state index in [1.807, 2.05) is 11.4 Å². The third-order valence-electron chi connectivity index (χ3n) is 3.36. The summed E-state index contributed by atoms with van der Waals surface area (Å²) in [5.74, 6) is 0.880. The molecule has 4 heteroatoms. The third kappa shape index (κ3) is 6.04. The lowest BCUT2D eigenvalue weighted by Crippen LogP contribution is -2.36. The molecule has 1 fully saturated rings. The highest BCUT2D eigenvalue weighted by molar-refractivity contribution is 7.09. The van der Waals surface area contributed by atoms with Gasteiger partial charge in [-0.05, 0) is 43.2 Å². The molecule has 1 aromatic heterocycles. The van der Waals surface area contributed by atoms with E-state index in [4.69, 9.17) is 4.74 Å². The summed E-state index contributed by atoms with van der Waals surface area (Å²) in [4.78, 5) is 3.60. The van der Waals surface area contributed by atoms with Crippen LogP contribution in [0.3, 0.4) is 0 Å². The average Bonchev–Trinajstić information content (AvgIpc) is 3.03. The Labute approximate surface area is 120 Å². The molecule has 1 N–H and O–H groups in total. The van der Waals surface area contributed by atoms with Crippen molar-refractivity contribution in [3.05, 3.63) is 22.4 Å². The number of aliphatic hydroxyl groups is 1. The first-order chi connectivity index (χ1) is 9.28. The van der Waals surface area contributed by atoms with Crippen LogP contribution in [-0.2, 0) is 11.3 Å². The molecule has 0 radical (unpaired) electrons. The summed E-state index contributed by atoms with van der Waals surface area (Å²) >= 11 is 1.70. The van der Waals surface area contributed by atoms with Gasteiger partial charge in [-0.3, -0.25) is 0 Å². The Morgan fingerprint density at radius 2 is 2.37 bits per heavy atom. The van der Waals surface area contributed by atoms with E-state index >= 15 is 0 Å². The third-order valence-corrected chi connectivity index (χ3v) is 4.21. The van der Waals surface area contributed by atoms with Gasteiger partial charge < -0.3 is 14.7 Å². The molecule has 2 rings (SSSR count). The predicted molar refractivity (Wildman–Crippen MR) is 79.4 cm³/mol. The molecule has 1 aliphatic rings. The summed E-state index contributed by atoms with van der Waals surface area (Å²) < 4.78 is 5.57. The molecule has 108 valence electrons. The lowest BCUT2D eigenvalue weighted by Gasteiger charge is -2.24. The molecule has 0 amide bonds. The van der Waals surface area contributed by atoms with E-state index in [0.717, 1.165) is 32.0 Å². The van der Waals surface area contributed by atoms with Gasteiger partial charge in [-0.25, -0.2) is 0 Å². The summed E-state index contributed by atoms with van der Waals surface area (Å²) in [6.45, 7) is 6.22. The maximum atomic E-state index is 10.0. The van der Waals surface area contributed by atoms with Gasteiger partial charge in [0.1, 0.15) is 0 Å². The minimum atomic E-state index is -0.370. The average molecular weight is 283 g/mol. The largest absolute Gasteiger partial charge is 0.389 e. The van der Waals surface area contributed by atoms with Crippen LogP contribution in [0.5, 0.6) is 0 Å². The minimum absolute atomic E-state index is 0.370. The van der Waals surface area contributed by atoms with Crippen molar-refractivity contribution in [1.29, 1.82) is 0 Å². The highest BCUT2D eigenvalue weighted by Crippen LogP contribution is 2.29. The van der Waals surface area contributed by atoms with Gasteiger partial charge in [0.2, 0.25) is 0 Å². The molecule has 0 unspecified atom stereocenters. The van der Waals surface area contributed by atoms with Crippen LogP contribution >= 0.6 is 11.3 Å². The van der Waals surface area contributed by atoms with Crippen LogP contribution in [0.2, 0.25) is 0 Å². The standard InChI is InChI=1S/C15H25NO2S/c1-2-7-16(9-13-5-6-13)10-14(17)11-18-12-15-4-3-8-19-15/h3-4,8,13-14,17H,2,5-7,9-12H2,1H3/t14-/m1/s1. The predicted octanol–water partition coefficient (Wildman–Crippen LogP) is 2.75. The SMILES string of the molecule is CCCN(CC1CC1)C[C@@H](O)COCc1cccs1. The Morgan fingerprint density at radius 3 is 3.00 bits per heavy atom. The van der Waals surface area contributed by atoms with Crippen molar-refractivity contribution < 1.29 is 9.84 Å². The van der Waals surface area contributed by atoms with Crippen LogP contribution in [-0.4, -0.2) is 42.4 Å². The van der Waals surface area contributed by atoms with Gasteiger partial charge >= 0.3 is 0 Å². The highest BCUT2D eigenvalue weighted by Gasteiger charge is 2.24. The zero-order valence-corrected chi connectivity index (χ0v) is 12.6. The first-order valence-corrected chi connectivity index (χ1v) is 8.16. The number of hydrogen-bond donors (Lipinski definition) is 1. The van der Waals surface area contributed by atoms with Crippen LogP contribution in [0.25, 0.3) is 0 Å². The Kier molecular flexibility index (Phi) is 6.31. The van der Waals surface area contributed by atoms with Gasteiger partial charge in [0, 0.05) is 18.0 Å². The number of rotatable bonds is 10. The fourth-order valence-corrected chi connectivity index (χ4v) is 2.92. The van der Waals surface area contributed by atoms with Crippen LogP contribution in [0.4, 0.5) is 0 Å². The van der Waals surface area contributed by atoms with E-state index in [2.05, 4.69) is 17.9 Å². The first-order valence-electron chi connectivity index (χ1n) is 7.28. The highest BCUT2D eigenvalue weighted by atomic mass is 32.1. The van der Waals surface area contributed by atoms with Crippen LogP contribution in [0.1, 0.15) is 31.1 Å². The molecule has 0 saturated heterocycles. The smallest absolute Gasteiger partial charge is 0.0900 e. The Morgan fingerprint density at radius 1 is 1.53 bits per heavy atom. The van der Waals surface area contributed by atoms with Gasteiger partial charge in [-0.1, -0.05) is 13.0 Å². The molecule has 1 aliphatic carbocycles. The lowest BCUT2D eigenvalue weighted by atomic mass is 10.2. The second-order valence-corrected chi connectivity index (χ2v) is 6.48. The maximum absolute atomic E-state index is 10.0. The van der Waals surface area contributed by atoms with E-state index in [-0.39, 0.29) is 6.10 Å². The fourth-order valence-electron chi connectivity index (χ4n) is 2.28. The van der Waals surface area contributed by atoms with Gasteiger partial charge in [-0.15, -0.1) is 11.3 Å². The normalized spacial score (nSPS) is 17.0. The molecular weight excluding hydrogens is 258 g/mol. The minimum Gasteiger partial charge on any atom is -0.389 e. The van der Waals surface area contributed by atoms with Crippen molar-refractivity contribution in [2.24, 2.45) is 5.92 Å². The summed E-state index contributed by atoms with van der Waals surface area (Å²) in [6.07, 6.45) is 3.51. The zero-order chi connectivity index (χ0) is 13.5. The van der Waals surface area contributed by atoms with E-state index in [1.54, 1.807) is 11.3 Å². The monoisotopic (exact) mass is 283 g/mol. The molecule has 1 aromatic rings. The van der Waals surface area contributed by atoms with E-state index in [1.165, 1.54) is 17.7 Å². The number of nitrogens with zero attached hydrogens (tertiary/aromatic N) is 1. The van der Waals surface area contributed by atoms with Crippen molar-refractivity contribution in [1.82, 2.24) is 4.90 Å². The van der Waals surface area contributed by atoms with E-state index in [9.17, 15) is 5.11 Å². The molecule has 19 heavy (non-hydrogen) atoms. The molecular formula is C15H25NO2S. The van der Waals surface area contributed by atoms with Crippen molar-refractivity contribution in [3.63, 3.8) is 0 Å². The van der Waals surface area contributed by atoms with E-state index in [0.29, 0.717) is 13.2 Å². The molecule has 1 heterocycles. The number of thiophene rings is 1. The van der Waals surface area contributed by atoms with Crippen LogP contribution < -0.4 is 0 Å². The first kappa shape index (κ1) is 15.0. The molecule has 0 bridgehead atoms. The number of ether oxygens (including phenoxy) is 1. The van der Waals surface area contributed by atoms with Crippen molar-refractivity contribution in [3.8, 4) is 0 Å². The van der Waals surface area contributed by atoms with Gasteiger partial charge in [0.05, 0.1) is 19.3 Å². The molecule has 0 spiro atoms. The Balaban J connectivity index is 1.61. The van der Waals surface area contributed by atoms with Gasteiger partial charge in [0.15, 0.2) is 0 Å². The van der Waals surface area contributed by atoms with Crippen molar-refractivity contribution >= 4 is 11.3 Å². The zero-order valence-electron chi connectivity index (χ0n) is 11.8. The van der Waals surface area contributed by atoms with Crippen LogP contribution in [0.15, 0.2) is 17.5 Å². The second-order valence-electron chi connectivity index (χ2n) is 5.45. The fraction of sp³-hybridized carbons (Fsp3) is 0.733. The summed E-state index contributed by atoms with van der Waals surface area (Å²) in [6, 6.07) is 4.09. The summed E-state index contributed by atoms with van der Waals surface area (Å²) in [7, 11) is 0. The Bertz CT molecular complexity index is 338. The summed E-state index contributed by atoms with van der Waals surface area (Å²) in [5.41, 5.74) is 0. The van der Waals surface area contributed by atoms with Crippen molar-refractivity contribution in [2.45, 2.75) is 38.9 Å². The molecule has 3 nitrogen and oxygen atoms in total. The second kappa shape index (κ2) is 8.00. The quantitative estimate of drug-likeness (QED) is 0.716. The van der Waals surface area contributed by atoms with Crippen molar-refractivity contribution in [2.75, 3.05) is 26.2 Å². The Hall–Kier alpha value is -0.420. The number of hydrogen-bond acceptors (Lipinski definition) is 4. The molecule has 1 saturated carbocycles. The van der Waals surface area contributed by atoms with Crippen LogP contribution in [0, 0.1) is 5.92 Å². The molecule has 1 atom stereocenters. The molecule has 0 aliphatic heterocycles. The van der Waals surface area contributed by atoms with Gasteiger partial charge in [0.25, 0.3) is 0 Å².